The predicted octanol–water partition coefficient (Wildman–Crippen LogP) is 1.96. The lowest BCUT2D eigenvalue weighted by molar-refractivity contribution is 0.0850. The van der Waals surface area contributed by atoms with E-state index in [1.54, 1.807) is 0 Å². The normalized spacial score (nSPS) is 20.5. The van der Waals surface area contributed by atoms with E-state index in [4.69, 9.17) is 0 Å². The molecule has 17 heavy (non-hydrogen) atoms. The molecule has 0 unspecified atom stereocenters. The van der Waals surface area contributed by atoms with E-state index in [0.29, 0.717) is 0 Å². The molecule has 0 saturated heterocycles. The summed E-state index contributed by atoms with van der Waals surface area (Å²) in [5.74, 6) is 0.0712. The second-order valence-corrected chi connectivity index (χ2v) is 5.46. The third-order valence-corrected chi connectivity index (χ3v) is 3.97. The summed E-state index contributed by atoms with van der Waals surface area (Å²) in [6.45, 7) is 3.94. The highest BCUT2D eigenvalue weighted by molar-refractivity contribution is 5.95. The molecule has 1 saturated carbocycles. The number of hydrogen-bond donors (Lipinski definition) is 2. The van der Waals surface area contributed by atoms with E-state index < -0.39 is 0 Å². The summed E-state index contributed by atoms with van der Waals surface area (Å²) in [5, 5.41) is 6.43. The highest BCUT2D eigenvalue weighted by atomic mass is 16.1. The van der Waals surface area contributed by atoms with E-state index in [1.165, 1.54) is 17.5 Å². The van der Waals surface area contributed by atoms with Gasteiger partial charge >= 0.3 is 0 Å². The van der Waals surface area contributed by atoms with E-state index in [9.17, 15) is 4.79 Å². The molecule has 0 spiro atoms. The van der Waals surface area contributed by atoms with E-state index >= 15 is 0 Å². The van der Waals surface area contributed by atoms with Crippen LogP contribution in [0.1, 0.15) is 47.7 Å². The van der Waals surface area contributed by atoms with Crippen LogP contribution in [0, 0.1) is 0 Å². The van der Waals surface area contributed by atoms with Gasteiger partial charge in [-0.2, -0.15) is 0 Å². The molecule has 1 fully saturated rings. The molecule has 3 rings (SSSR count). The van der Waals surface area contributed by atoms with Gasteiger partial charge < -0.3 is 10.6 Å². The van der Waals surface area contributed by atoms with Crippen LogP contribution in [0.5, 0.6) is 0 Å². The minimum absolute atomic E-state index is 0.0361. The Hall–Kier alpha value is -1.35. The van der Waals surface area contributed by atoms with Gasteiger partial charge in [0, 0.05) is 24.2 Å². The lowest BCUT2D eigenvalue weighted by Crippen LogP contribution is -2.50. The zero-order valence-corrected chi connectivity index (χ0v) is 10.2. The molecule has 2 N–H and O–H groups in total. The first-order valence-electron chi connectivity index (χ1n) is 6.31. The van der Waals surface area contributed by atoms with Gasteiger partial charge in [-0.05, 0) is 49.4 Å². The molecule has 1 heterocycles. The van der Waals surface area contributed by atoms with Gasteiger partial charge in [-0.1, -0.05) is 6.07 Å². The molecule has 90 valence electrons. The van der Waals surface area contributed by atoms with Crippen molar-refractivity contribution in [3.8, 4) is 0 Å². The Morgan fingerprint density at radius 3 is 2.76 bits per heavy atom. The van der Waals surface area contributed by atoms with Crippen LogP contribution in [0.2, 0.25) is 0 Å². The Balaban J connectivity index is 1.77. The Morgan fingerprint density at radius 2 is 2.06 bits per heavy atom. The first-order chi connectivity index (χ1) is 8.16. The van der Waals surface area contributed by atoms with E-state index in [0.717, 1.165) is 31.5 Å². The van der Waals surface area contributed by atoms with Gasteiger partial charge in [-0.3, -0.25) is 4.79 Å². The summed E-state index contributed by atoms with van der Waals surface area (Å²) in [4.78, 5) is 12.1. The number of carbonyl (C=O) groups is 1. The second kappa shape index (κ2) is 3.84. The second-order valence-electron chi connectivity index (χ2n) is 5.46. The molecule has 1 aromatic carbocycles. The van der Waals surface area contributed by atoms with Crippen molar-refractivity contribution in [1.29, 1.82) is 0 Å². The molecule has 1 amide bonds. The Morgan fingerprint density at radius 1 is 1.29 bits per heavy atom. The van der Waals surface area contributed by atoms with Crippen molar-refractivity contribution < 1.29 is 4.79 Å². The molecule has 0 atom stereocenters. The number of rotatable bonds is 2. The topological polar surface area (TPSA) is 41.1 Å². The summed E-state index contributed by atoms with van der Waals surface area (Å²) < 4.78 is 0. The summed E-state index contributed by atoms with van der Waals surface area (Å²) in [6, 6.07) is 6.02. The van der Waals surface area contributed by atoms with Crippen LogP contribution in [-0.2, 0) is 13.1 Å². The Kier molecular flexibility index (Phi) is 2.44. The smallest absolute Gasteiger partial charge is 0.251 e. The van der Waals surface area contributed by atoms with Crippen molar-refractivity contribution >= 4 is 5.91 Å². The maximum absolute atomic E-state index is 12.1. The first-order valence-corrected chi connectivity index (χ1v) is 6.31. The van der Waals surface area contributed by atoms with Crippen LogP contribution in [0.15, 0.2) is 18.2 Å². The third-order valence-electron chi connectivity index (χ3n) is 3.97. The molecule has 1 aliphatic heterocycles. The highest BCUT2D eigenvalue weighted by Crippen LogP contribution is 2.31. The minimum atomic E-state index is 0.0361. The molecule has 2 aliphatic rings. The molecule has 1 aromatic rings. The molecular formula is C14H18N2O. The first kappa shape index (κ1) is 10.8. The van der Waals surface area contributed by atoms with Crippen molar-refractivity contribution in [2.24, 2.45) is 0 Å². The predicted molar refractivity (Wildman–Crippen MR) is 66.7 cm³/mol. The fraction of sp³-hybridized carbons (Fsp3) is 0.500. The molecule has 0 bridgehead atoms. The highest BCUT2D eigenvalue weighted by Gasteiger charge is 2.33. The van der Waals surface area contributed by atoms with Crippen LogP contribution >= 0.6 is 0 Å². The summed E-state index contributed by atoms with van der Waals surface area (Å²) >= 11 is 0. The largest absolute Gasteiger partial charge is 0.347 e. The Bertz CT molecular complexity index is 463. The van der Waals surface area contributed by atoms with Gasteiger partial charge in [0.25, 0.3) is 5.91 Å². The van der Waals surface area contributed by atoms with Gasteiger partial charge in [-0.25, -0.2) is 0 Å². The number of fused-ring (bicyclic) bond motifs is 1. The van der Waals surface area contributed by atoms with Crippen LogP contribution in [-0.4, -0.2) is 11.4 Å². The Labute approximate surface area is 102 Å². The number of benzene rings is 1. The number of carbonyl (C=O) groups excluding carboxylic acids is 1. The number of nitrogens with one attached hydrogen (secondary N) is 2. The fourth-order valence-corrected chi connectivity index (χ4v) is 2.61. The van der Waals surface area contributed by atoms with Crippen molar-refractivity contribution in [2.45, 2.75) is 44.8 Å². The van der Waals surface area contributed by atoms with Crippen molar-refractivity contribution in [2.75, 3.05) is 0 Å². The van der Waals surface area contributed by atoms with Crippen LogP contribution in [0.4, 0.5) is 0 Å². The summed E-state index contributed by atoms with van der Waals surface area (Å²) in [7, 11) is 0. The van der Waals surface area contributed by atoms with Gasteiger partial charge in [0.1, 0.15) is 0 Å². The van der Waals surface area contributed by atoms with Gasteiger partial charge in [0.05, 0.1) is 0 Å². The molecule has 0 radical (unpaired) electrons. The molecule has 3 heteroatoms. The van der Waals surface area contributed by atoms with Crippen molar-refractivity contribution in [3.05, 3.63) is 34.9 Å². The fourth-order valence-electron chi connectivity index (χ4n) is 2.61. The maximum Gasteiger partial charge on any atom is 0.251 e. The molecule has 1 aliphatic carbocycles. The molecular weight excluding hydrogens is 212 g/mol. The average molecular weight is 230 g/mol. The lowest BCUT2D eigenvalue weighted by atomic mass is 9.78. The maximum atomic E-state index is 12.1. The van der Waals surface area contributed by atoms with Crippen LogP contribution in [0.3, 0.4) is 0 Å². The standard InChI is InChI=1S/C14H18N2O/c1-14(5-2-6-14)16-13(17)10-3-4-11-8-15-9-12(11)7-10/h3-4,7,15H,2,5-6,8-9H2,1H3,(H,16,17). The van der Waals surface area contributed by atoms with Crippen LogP contribution < -0.4 is 10.6 Å². The van der Waals surface area contributed by atoms with Crippen molar-refractivity contribution in [1.82, 2.24) is 10.6 Å². The van der Waals surface area contributed by atoms with E-state index in [2.05, 4.69) is 23.6 Å². The van der Waals surface area contributed by atoms with Gasteiger partial charge in [0.2, 0.25) is 0 Å². The zero-order chi connectivity index (χ0) is 11.9. The quantitative estimate of drug-likeness (QED) is 0.815. The zero-order valence-electron chi connectivity index (χ0n) is 10.2. The lowest BCUT2D eigenvalue weighted by Gasteiger charge is -2.39. The minimum Gasteiger partial charge on any atom is -0.347 e. The van der Waals surface area contributed by atoms with E-state index in [-0.39, 0.29) is 11.4 Å². The SMILES string of the molecule is CC1(NC(=O)c2ccc3c(c2)CNC3)CCC1. The van der Waals surface area contributed by atoms with Crippen LogP contribution in [0.25, 0.3) is 0 Å². The third kappa shape index (κ3) is 1.95. The summed E-state index contributed by atoms with van der Waals surface area (Å²) in [5.41, 5.74) is 3.40. The monoisotopic (exact) mass is 230 g/mol. The number of hydrogen-bond acceptors (Lipinski definition) is 2. The summed E-state index contributed by atoms with van der Waals surface area (Å²) in [6.07, 6.45) is 3.43. The number of amides is 1. The average Bonchev–Trinajstić information content (AvgIpc) is 2.73. The van der Waals surface area contributed by atoms with E-state index in [1.807, 2.05) is 12.1 Å². The van der Waals surface area contributed by atoms with Gasteiger partial charge in [0.15, 0.2) is 0 Å². The molecule has 3 nitrogen and oxygen atoms in total. The molecule has 0 aromatic heterocycles. The van der Waals surface area contributed by atoms with Gasteiger partial charge in [-0.15, -0.1) is 0 Å². The van der Waals surface area contributed by atoms with Crippen molar-refractivity contribution in [3.63, 3.8) is 0 Å².